The molecule has 4 heteroatoms. The number of nitrogens with zero attached hydrogens (tertiary/aromatic N) is 2. The molecule has 0 atom stereocenters. The van der Waals surface area contributed by atoms with Crippen molar-refractivity contribution >= 4 is 21.6 Å². The van der Waals surface area contributed by atoms with E-state index in [9.17, 15) is 0 Å². The molecule has 0 saturated heterocycles. The van der Waals surface area contributed by atoms with E-state index in [0.717, 1.165) is 28.0 Å². The molecule has 2 heterocycles. The van der Waals surface area contributed by atoms with Gasteiger partial charge in [0.25, 0.3) is 0 Å². The van der Waals surface area contributed by atoms with Gasteiger partial charge in [-0.3, -0.25) is 0 Å². The Balaban J connectivity index is 1.87. The van der Waals surface area contributed by atoms with Gasteiger partial charge in [-0.15, -0.1) is 0 Å². The van der Waals surface area contributed by atoms with Crippen LogP contribution < -0.4 is 4.74 Å². The summed E-state index contributed by atoms with van der Waals surface area (Å²) >= 11 is 3.46. The van der Waals surface area contributed by atoms with Crippen molar-refractivity contribution in [2.24, 2.45) is 0 Å². The minimum atomic E-state index is 0.823. The fourth-order valence-electron chi connectivity index (χ4n) is 2.05. The van der Waals surface area contributed by atoms with Crippen LogP contribution in [-0.4, -0.2) is 16.5 Å². The maximum Gasteiger partial charge on any atom is 0.138 e. The van der Waals surface area contributed by atoms with Crippen LogP contribution in [0.5, 0.6) is 5.75 Å². The first kappa shape index (κ1) is 12.2. The maximum absolute atomic E-state index is 5.16. The van der Waals surface area contributed by atoms with Gasteiger partial charge in [-0.2, -0.15) is 0 Å². The Kier molecular flexibility index (Phi) is 3.25. The molecule has 0 amide bonds. The van der Waals surface area contributed by atoms with E-state index in [2.05, 4.69) is 39.2 Å². The summed E-state index contributed by atoms with van der Waals surface area (Å²) in [4.78, 5) is 4.61. The van der Waals surface area contributed by atoms with Crippen LogP contribution in [0.15, 0.2) is 53.3 Å². The van der Waals surface area contributed by atoms with Gasteiger partial charge in [-0.05, 0) is 29.8 Å². The zero-order valence-corrected chi connectivity index (χ0v) is 12.1. The molecule has 0 bridgehead atoms. The van der Waals surface area contributed by atoms with Crippen LogP contribution in [0.25, 0.3) is 5.65 Å². The number of ether oxygens (including phenoxy) is 1. The third-order valence-electron chi connectivity index (χ3n) is 3.02. The molecule has 3 nitrogen and oxygen atoms in total. The number of aromatic nitrogens is 2. The van der Waals surface area contributed by atoms with E-state index in [1.165, 1.54) is 5.56 Å². The zero-order valence-electron chi connectivity index (χ0n) is 10.5. The van der Waals surface area contributed by atoms with Crippen molar-refractivity contribution in [1.29, 1.82) is 0 Å². The van der Waals surface area contributed by atoms with Crippen molar-refractivity contribution in [1.82, 2.24) is 9.38 Å². The van der Waals surface area contributed by atoms with Gasteiger partial charge in [0.15, 0.2) is 0 Å². The van der Waals surface area contributed by atoms with Gasteiger partial charge in [0.05, 0.1) is 12.8 Å². The van der Waals surface area contributed by atoms with E-state index in [0.29, 0.717) is 0 Å². The lowest BCUT2D eigenvalue weighted by atomic mass is 10.1. The lowest BCUT2D eigenvalue weighted by Crippen LogP contribution is -1.89. The topological polar surface area (TPSA) is 26.5 Å². The molecule has 0 aliphatic heterocycles. The number of imidazole rings is 1. The number of fused-ring (bicyclic) bond motifs is 1. The average Bonchev–Trinajstić information content (AvgIpc) is 2.81. The summed E-state index contributed by atoms with van der Waals surface area (Å²) in [6, 6.07) is 12.1. The van der Waals surface area contributed by atoms with E-state index < -0.39 is 0 Å². The Morgan fingerprint density at radius 3 is 2.74 bits per heavy atom. The minimum Gasteiger partial charge on any atom is -0.497 e. The molecule has 3 rings (SSSR count). The van der Waals surface area contributed by atoms with Gasteiger partial charge in [0.2, 0.25) is 0 Å². The quantitative estimate of drug-likeness (QED) is 0.736. The number of hydrogen-bond donors (Lipinski definition) is 0. The molecule has 0 saturated carbocycles. The summed E-state index contributed by atoms with van der Waals surface area (Å²) in [5, 5.41) is 0. The molecular weight excluding hydrogens is 304 g/mol. The molecule has 0 aliphatic carbocycles. The van der Waals surface area contributed by atoms with Crippen LogP contribution in [0.4, 0.5) is 0 Å². The highest BCUT2D eigenvalue weighted by Crippen LogP contribution is 2.17. The second kappa shape index (κ2) is 5.05. The second-order valence-electron chi connectivity index (χ2n) is 4.37. The van der Waals surface area contributed by atoms with E-state index in [1.54, 1.807) is 7.11 Å². The summed E-state index contributed by atoms with van der Waals surface area (Å²) in [6.07, 6.45) is 4.89. The molecule has 96 valence electrons. The highest BCUT2D eigenvalue weighted by atomic mass is 79.9. The van der Waals surface area contributed by atoms with Crippen molar-refractivity contribution < 1.29 is 4.74 Å². The van der Waals surface area contributed by atoms with Crippen LogP contribution in [0.1, 0.15) is 11.3 Å². The monoisotopic (exact) mass is 316 g/mol. The molecule has 0 spiro atoms. The lowest BCUT2D eigenvalue weighted by molar-refractivity contribution is 0.414. The molecule has 1 aromatic carbocycles. The van der Waals surface area contributed by atoms with Gasteiger partial charge in [-0.25, -0.2) is 4.98 Å². The second-order valence-corrected chi connectivity index (χ2v) is 5.28. The molecule has 0 fully saturated rings. The largest absolute Gasteiger partial charge is 0.497 e. The summed E-state index contributed by atoms with van der Waals surface area (Å²) < 4.78 is 8.23. The van der Waals surface area contributed by atoms with Crippen molar-refractivity contribution in [3.05, 3.63) is 64.5 Å². The third-order valence-corrected chi connectivity index (χ3v) is 3.51. The standard InChI is InChI=1S/C15H13BrN2O/c1-19-14-4-2-11(3-5-14)8-13-10-18-7-6-12(16)9-15(18)17-13/h2-7,9-10H,8H2,1H3. The molecule has 3 aromatic rings. The van der Waals surface area contributed by atoms with Crippen LogP contribution in [-0.2, 0) is 6.42 Å². The average molecular weight is 317 g/mol. The van der Waals surface area contributed by atoms with E-state index >= 15 is 0 Å². The third kappa shape index (κ3) is 2.63. The fourth-order valence-corrected chi connectivity index (χ4v) is 2.37. The van der Waals surface area contributed by atoms with Gasteiger partial charge in [0, 0.05) is 23.3 Å². The van der Waals surface area contributed by atoms with Crippen molar-refractivity contribution in [2.45, 2.75) is 6.42 Å². The number of rotatable bonds is 3. The normalized spacial score (nSPS) is 10.8. The van der Waals surface area contributed by atoms with Gasteiger partial charge >= 0.3 is 0 Å². The highest BCUT2D eigenvalue weighted by molar-refractivity contribution is 9.10. The minimum absolute atomic E-state index is 0.823. The molecule has 0 unspecified atom stereocenters. The Morgan fingerprint density at radius 2 is 2.00 bits per heavy atom. The van der Waals surface area contributed by atoms with Crippen LogP contribution in [0, 0.1) is 0 Å². The summed E-state index contributed by atoms with van der Waals surface area (Å²) in [6.45, 7) is 0. The number of halogens is 1. The maximum atomic E-state index is 5.16. The van der Waals surface area contributed by atoms with Crippen LogP contribution in [0.2, 0.25) is 0 Å². The zero-order chi connectivity index (χ0) is 13.2. The first-order valence-corrected chi connectivity index (χ1v) is 6.80. The predicted molar refractivity (Wildman–Crippen MR) is 78.7 cm³/mol. The molecule has 2 aromatic heterocycles. The number of methoxy groups -OCH3 is 1. The molecule has 0 N–H and O–H groups in total. The summed E-state index contributed by atoms with van der Waals surface area (Å²) in [5.41, 5.74) is 3.24. The summed E-state index contributed by atoms with van der Waals surface area (Å²) in [7, 11) is 1.68. The lowest BCUT2D eigenvalue weighted by Gasteiger charge is -2.01. The number of hydrogen-bond acceptors (Lipinski definition) is 2. The predicted octanol–water partition coefficient (Wildman–Crippen LogP) is 3.70. The number of benzene rings is 1. The molecular formula is C15H13BrN2O. The smallest absolute Gasteiger partial charge is 0.138 e. The van der Waals surface area contributed by atoms with Gasteiger partial charge in [-0.1, -0.05) is 28.1 Å². The Labute approximate surface area is 120 Å². The Morgan fingerprint density at radius 1 is 1.21 bits per heavy atom. The van der Waals surface area contributed by atoms with E-state index in [-0.39, 0.29) is 0 Å². The highest BCUT2D eigenvalue weighted by Gasteiger charge is 2.03. The Bertz CT molecular complexity index is 704. The van der Waals surface area contributed by atoms with Crippen molar-refractivity contribution in [3.63, 3.8) is 0 Å². The van der Waals surface area contributed by atoms with Gasteiger partial charge < -0.3 is 9.14 Å². The van der Waals surface area contributed by atoms with Crippen LogP contribution in [0.3, 0.4) is 0 Å². The van der Waals surface area contributed by atoms with Crippen LogP contribution >= 0.6 is 15.9 Å². The van der Waals surface area contributed by atoms with Crippen molar-refractivity contribution in [3.8, 4) is 5.75 Å². The van der Waals surface area contributed by atoms with Crippen molar-refractivity contribution in [2.75, 3.05) is 7.11 Å². The summed E-state index contributed by atoms with van der Waals surface area (Å²) in [5.74, 6) is 0.877. The molecule has 19 heavy (non-hydrogen) atoms. The Hall–Kier alpha value is -1.81. The SMILES string of the molecule is COc1ccc(Cc2cn3ccc(Br)cc3n2)cc1. The van der Waals surface area contributed by atoms with E-state index in [4.69, 9.17) is 4.74 Å². The molecule has 0 aliphatic rings. The molecule has 0 radical (unpaired) electrons. The number of pyridine rings is 1. The van der Waals surface area contributed by atoms with E-state index in [1.807, 2.05) is 34.9 Å². The fraction of sp³-hybridized carbons (Fsp3) is 0.133. The first-order chi connectivity index (χ1) is 9.24. The van der Waals surface area contributed by atoms with Gasteiger partial charge in [0.1, 0.15) is 11.4 Å². The first-order valence-electron chi connectivity index (χ1n) is 6.01.